The van der Waals surface area contributed by atoms with E-state index in [-0.39, 0.29) is 5.97 Å². The summed E-state index contributed by atoms with van der Waals surface area (Å²) in [7, 11) is 0. The van der Waals surface area contributed by atoms with E-state index in [1.54, 1.807) is 0 Å². The Hall–Kier alpha value is -0.790. The van der Waals surface area contributed by atoms with Crippen molar-refractivity contribution in [3.63, 3.8) is 0 Å². The van der Waals surface area contributed by atoms with Crippen molar-refractivity contribution >= 4 is 5.97 Å². The molecular weight excluding hydrogens is 128 g/mol. The number of hydrogen-bond donors (Lipinski definition) is 0. The van der Waals surface area contributed by atoms with Crippen LogP contribution < -0.4 is 0 Å². The molecule has 0 radical (unpaired) electrons. The third-order valence-corrected chi connectivity index (χ3v) is 1.05. The molecule has 0 N–H and O–H groups in total. The molecule has 0 heterocycles. The van der Waals surface area contributed by atoms with Crippen LogP contribution in [-0.4, -0.2) is 5.97 Å². The molecule has 0 aromatic carbocycles. The minimum absolute atomic E-state index is 0.257. The molecule has 0 rings (SSSR count). The Labute approximate surface area is 61.9 Å². The zero-order valence-corrected chi connectivity index (χ0v) is 6.59. The molecule has 10 heavy (non-hydrogen) atoms. The number of hydrogen-bond acceptors (Lipinski definition) is 2. The molecule has 0 aromatic rings. The fourth-order valence-corrected chi connectivity index (χ4v) is 0.534. The van der Waals surface area contributed by atoms with E-state index in [9.17, 15) is 4.79 Å². The van der Waals surface area contributed by atoms with Gasteiger partial charge in [-0.3, -0.25) is 4.79 Å². The second-order valence-corrected chi connectivity index (χ2v) is 2.12. The Morgan fingerprint density at radius 1 is 1.60 bits per heavy atom. The van der Waals surface area contributed by atoms with Crippen LogP contribution in [0.5, 0.6) is 0 Å². The largest absolute Gasteiger partial charge is 0.435 e. The first kappa shape index (κ1) is 9.21. The van der Waals surface area contributed by atoms with E-state index in [2.05, 4.69) is 11.7 Å². The van der Waals surface area contributed by atoms with Crippen molar-refractivity contribution in [2.75, 3.05) is 0 Å². The number of carbonyl (C=O) groups is 1. The molecule has 0 bridgehead atoms. The van der Waals surface area contributed by atoms with E-state index in [0.717, 1.165) is 12.8 Å². The van der Waals surface area contributed by atoms with E-state index in [4.69, 9.17) is 0 Å². The topological polar surface area (TPSA) is 26.3 Å². The number of ether oxygens (including phenoxy) is 1. The third kappa shape index (κ3) is 7.21. The Morgan fingerprint density at radius 3 is 2.80 bits per heavy atom. The highest BCUT2D eigenvalue weighted by atomic mass is 16.5. The molecule has 0 aliphatic rings. The van der Waals surface area contributed by atoms with Crippen LogP contribution in [0, 0.1) is 0 Å². The fourth-order valence-electron chi connectivity index (χ4n) is 0.534. The molecule has 0 fully saturated rings. The SMILES string of the molecule is CCCCC=COC(C)=O. The zero-order valence-electron chi connectivity index (χ0n) is 6.59. The number of esters is 1. The zero-order chi connectivity index (χ0) is 7.82. The first-order valence-corrected chi connectivity index (χ1v) is 3.59. The maximum absolute atomic E-state index is 10.2. The summed E-state index contributed by atoms with van der Waals surface area (Å²) >= 11 is 0. The van der Waals surface area contributed by atoms with Crippen molar-refractivity contribution in [3.05, 3.63) is 12.3 Å². The molecular formula is C8H14O2. The van der Waals surface area contributed by atoms with Crippen molar-refractivity contribution in [3.8, 4) is 0 Å². The average Bonchev–Trinajstić information content (AvgIpc) is 1.87. The van der Waals surface area contributed by atoms with E-state index in [0.29, 0.717) is 0 Å². The van der Waals surface area contributed by atoms with Crippen LogP contribution >= 0.6 is 0 Å². The lowest BCUT2D eigenvalue weighted by Crippen LogP contribution is -1.88. The van der Waals surface area contributed by atoms with Crippen LogP contribution in [0.1, 0.15) is 33.1 Å². The van der Waals surface area contributed by atoms with Crippen LogP contribution in [0.15, 0.2) is 12.3 Å². The maximum atomic E-state index is 10.2. The van der Waals surface area contributed by atoms with Crippen molar-refractivity contribution in [1.82, 2.24) is 0 Å². The quantitative estimate of drug-likeness (QED) is 0.342. The van der Waals surface area contributed by atoms with Crippen LogP contribution in [0.2, 0.25) is 0 Å². The van der Waals surface area contributed by atoms with Gasteiger partial charge in [0.1, 0.15) is 0 Å². The second kappa shape index (κ2) is 6.33. The van der Waals surface area contributed by atoms with Gasteiger partial charge in [-0.25, -0.2) is 0 Å². The normalized spacial score (nSPS) is 10.2. The molecule has 0 aliphatic carbocycles. The maximum Gasteiger partial charge on any atom is 0.307 e. The fraction of sp³-hybridized carbons (Fsp3) is 0.625. The van der Waals surface area contributed by atoms with Crippen molar-refractivity contribution in [2.45, 2.75) is 33.1 Å². The molecule has 0 saturated heterocycles. The summed E-state index contributed by atoms with van der Waals surface area (Å²) in [5.74, 6) is -0.257. The molecule has 58 valence electrons. The van der Waals surface area contributed by atoms with E-state index < -0.39 is 0 Å². The molecule has 2 heteroatoms. The lowest BCUT2D eigenvalue weighted by Gasteiger charge is -1.90. The van der Waals surface area contributed by atoms with Crippen LogP contribution in [-0.2, 0) is 9.53 Å². The molecule has 2 nitrogen and oxygen atoms in total. The van der Waals surface area contributed by atoms with Crippen molar-refractivity contribution in [1.29, 1.82) is 0 Å². The van der Waals surface area contributed by atoms with Gasteiger partial charge in [0.05, 0.1) is 6.26 Å². The smallest absolute Gasteiger partial charge is 0.307 e. The Kier molecular flexibility index (Phi) is 5.83. The second-order valence-electron chi connectivity index (χ2n) is 2.12. The number of rotatable bonds is 4. The van der Waals surface area contributed by atoms with Gasteiger partial charge >= 0.3 is 5.97 Å². The van der Waals surface area contributed by atoms with Gasteiger partial charge in [-0.15, -0.1) is 0 Å². The summed E-state index contributed by atoms with van der Waals surface area (Å²) < 4.78 is 4.57. The standard InChI is InChI=1S/C8H14O2/c1-3-4-5-6-7-10-8(2)9/h6-7H,3-5H2,1-2H3. The van der Waals surface area contributed by atoms with Crippen LogP contribution in [0.25, 0.3) is 0 Å². The molecule has 0 atom stereocenters. The minimum atomic E-state index is -0.257. The molecule has 0 saturated carbocycles. The van der Waals surface area contributed by atoms with Crippen LogP contribution in [0.4, 0.5) is 0 Å². The Bertz CT molecular complexity index is 116. The van der Waals surface area contributed by atoms with Crippen molar-refractivity contribution in [2.24, 2.45) is 0 Å². The van der Waals surface area contributed by atoms with E-state index in [1.807, 2.05) is 6.08 Å². The number of carbonyl (C=O) groups excluding carboxylic acids is 1. The Morgan fingerprint density at radius 2 is 2.30 bits per heavy atom. The molecule has 0 aromatic heterocycles. The first-order chi connectivity index (χ1) is 4.77. The van der Waals surface area contributed by atoms with Gasteiger partial charge in [-0.1, -0.05) is 13.3 Å². The first-order valence-electron chi connectivity index (χ1n) is 3.59. The van der Waals surface area contributed by atoms with Gasteiger partial charge in [0, 0.05) is 6.92 Å². The molecule has 0 aliphatic heterocycles. The summed E-state index contributed by atoms with van der Waals surface area (Å²) in [5, 5.41) is 0. The number of unbranched alkanes of at least 4 members (excludes halogenated alkanes) is 2. The predicted molar refractivity (Wildman–Crippen MR) is 40.4 cm³/mol. The highest BCUT2D eigenvalue weighted by molar-refractivity contribution is 5.66. The van der Waals surface area contributed by atoms with E-state index in [1.165, 1.54) is 19.6 Å². The van der Waals surface area contributed by atoms with Gasteiger partial charge < -0.3 is 4.74 Å². The lowest BCUT2D eigenvalue weighted by molar-refractivity contribution is -0.135. The van der Waals surface area contributed by atoms with Gasteiger partial charge in [-0.05, 0) is 18.9 Å². The van der Waals surface area contributed by atoms with Gasteiger partial charge in [0.25, 0.3) is 0 Å². The lowest BCUT2D eigenvalue weighted by atomic mass is 10.2. The highest BCUT2D eigenvalue weighted by Crippen LogP contribution is 1.94. The summed E-state index contributed by atoms with van der Waals surface area (Å²) in [6, 6.07) is 0. The van der Waals surface area contributed by atoms with Gasteiger partial charge in [0.15, 0.2) is 0 Å². The monoisotopic (exact) mass is 142 g/mol. The van der Waals surface area contributed by atoms with Crippen LogP contribution in [0.3, 0.4) is 0 Å². The summed E-state index contributed by atoms with van der Waals surface area (Å²) in [6.45, 7) is 3.52. The predicted octanol–water partition coefficient (Wildman–Crippen LogP) is 2.25. The van der Waals surface area contributed by atoms with E-state index >= 15 is 0 Å². The summed E-state index contributed by atoms with van der Waals surface area (Å²) in [6.07, 6.45) is 6.63. The van der Waals surface area contributed by atoms with Gasteiger partial charge in [0.2, 0.25) is 0 Å². The van der Waals surface area contributed by atoms with Crippen molar-refractivity contribution < 1.29 is 9.53 Å². The number of allylic oxidation sites excluding steroid dienone is 1. The Balaban J connectivity index is 3.12. The molecule has 0 amide bonds. The highest BCUT2D eigenvalue weighted by Gasteiger charge is 1.83. The molecule has 0 spiro atoms. The third-order valence-electron chi connectivity index (χ3n) is 1.05. The minimum Gasteiger partial charge on any atom is -0.435 e. The average molecular weight is 142 g/mol. The summed E-state index contributed by atoms with van der Waals surface area (Å²) in [5.41, 5.74) is 0. The van der Waals surface area contributed by atoms with Gasteiger partial charge in [-0.2, -0.15) is 0 Å². The molecule has 0 unspecified atom stereocenters. The summed E-state index contributed by atoms with van der Waals surface area (Å²) in [4.78, 5) is 10.2.